The normalized spacial score (nSPS) is 12.5. The Hall–Kier alpha value is -0.430. The van der Waals surface area contributed by atoms with Crippen molar-refractivity contribution in [2.24, 2.45) is 0 Å². The van der Waals surface area contributed by atoms with Gasteiger partial charge in [-0.1, -0.05) is 31.2 Å². The summed E-state index contributed by atoms with van der Waals surface area (Å²) in [7, 11) is 0. The molecule has 1 heteroatoms. The van der Waals surface area contributed by atoms with Crippen molar-refractivity contribution < 1.29 is 0 Å². The zero-order valence-corrected chi connectivity index (χ0v) is 7.49. The van der Waals surface area contributed by atoms with Gasteiger partial charge in [0.05, 0.1) is 0 Å². The van der Waals surface area contributed by atoms with Crippen molar-refractivity contribution in [2.75, 3.05) is 0 Å². The van der Waals surface area contributed by atoms with Gasteiger partial charge in [-0.2, -0.15) is 0 Å². The van der Waals surface area contributed by atoms with Crippen molar-refractivity contribution in [3.8, 4) is 0 Å². The molecular formula is C9H14S. The highest BCUT2D eigenvalue weighted by Gasteiger charge is 1.81. The lowest BCUT2D eigenvalue weighted by molar-refractivity contribution is 1.16. The van der Waals surface area contributed by atoms with E-state index in [1.165, 1.54) is 0 Å². The maximum Gasteiger partial charge on any atom is -0.000269 e. The molecule has 0 N–H and O–H groups in total. The smallest absolute Gasteiger partial charge is 0.000269 e. The number of thiol groups is 1. The molecule has 0 unspecified atom stereocenters. The fourth-order valence-electron chi connectivity index (χ4n) is 0.417. The molecule has 0 radical (unpaired) electrons. The Bertz CT molecular complexity index is 164. The Balaban J connectivity index is 3.88. The largest absolute Gasteiger partial charge is 0.144 e. The van der Waals surface area contributed by atoms with E-state index < -0.39 is 0 Å². The van der Waals surface area contributed by atoms with Crippen LogP contribution in [0.1, 0.15) is 20.3 Å². The zero-order valence-electron chi connectivity index (χ0n) is 6.59. The Kier molecular flexibility index (Phi) is 5.13. The molecule has 0 aromatic carbocycles. The van der Waals surface area contributed by atoms with Crippen molar-refractivity contribution in [1.29, 1.82) is 0 Å². The molecule has 0 nitrogen and oxygen atoms in total. The summed E-state index contributed by atoms with van der Waals surface area (Å²) in [5, 5.41) is 0. The van der Waals surface area contributed by atoms with Gasteiger partial charge in [0.15, 0.2) is 0 Å². The number of rotatable bonds is 3. The van der Waals surface area contributed by atoms with E-state index in [2.05, 4.69) is 26.1 Å². The quantitative estimate of drug-likeness (QED) is 0.468. The molecule has 0 amide bonds. The Morgan fingerprint density at radius 2 is 2.10 bits per heavy atom. The van der Waals surface area contributed by atoms with Crippen molar-refractivity contribution >= 4 is 12.6 Å². The second kappa shape index (κ2) is 5.36. The van der Waals surface area contributed by atoms with Gasteiger partial charge in [0.2, 0.25) is 0 Å². The van der Waals surface area contributed by atoms with Crippen LogP contribution in [0.4, 0.5) is 0 Å². The van der Waals surface area contributed by atoms with E-state index >= 15 is 0 Å². The second-order valence-corrected chi connectivity index (χ2v) is 2.58. The summed E-state index contributed by atoms with van der Waals surface area (Å²) < 4.78 is 0. The maximum atomic E-state index is 4.18. The summed E-state index contributed by atoms with van der Waals surface area (Å²) in [6, 6.07) is 0. The molecular weight excluding hydrogens is 140 g/mol. The van der Waals surface area contributed by atoms with Crippen LogP contribution in [0.2, 0.25) is 0 Å². The molecule has 0 aliphatic carbocycles. The van der Waals surface area contributed by atoms with Gasteiger partial charge in [0.1, 0.15) is 0 Å². The average molecular weight is 154 g/mol. The fraction of sp³-hybridized carbons (Fsp3) is 0.333. The molecule has 0 rings (SSSR count). The Labute approximate surface area is 68.7 Å². The summed E-state index contributed by atoms with van der Waals surface area (Å²) in [5.74, 6) is 0. The first kappa shape index (κ1) is 9.57. The van der Waals surface area contributed by atoms with Crippen LogP contribution in [-0.4, -0.2) is 0 Å². The number of hydrogen-bond donors (Lipinski definition) is 1. The van der Waals surface area contributed by atoms with Crippen LogP contribution in [0.25, 0.3) is 0 Å². The summed E-state index contributed by atoms with van der Waals surface area (Å²) in [6.45, 7) is 7.88. The lowest BCUT2D eigenvalue weighted by Gasteiger charge is -1.90. The molecule has 10 heavy (non-hydrogen) atoms. The standard InChI is InChI=1S/C9H14S/c1-4-8(3)6-7-9(10)5-2/h5-7,10H,3-4H2,1-2H3/b7-6-,9-5+. The van der Waals surface area contributed by atoms with E-state index in [1.807, 2.05) is 25.2 Å². The molecule has 0 aromatic rings. The molecule has 56 valence electrons. The summed E-state index contributed by atoms with van der Waals surface area (Å²) >= 11 is 4.18. The van der Waals surface area contributed by atoms with E-state index in [0.717, 1.165) is 16.9 Å². The Morgan fingerprint density at radius 3 is 2.50 bits per heavy atom. The second-order valence-electron chi connectivity index (χ2n) is 2.06. The van der Waals surface area contributed by atoms with Gasteiger partial charge in [-0.3, -0.25) is 0 Å². The molecule has 0 atom stereocenters. The van der Waals surface area contributed by atoms with Crippen molar-refractivity contribution in [2.45, 2.75) is 20.3 Å². The minimum Gasteiger partial charge on any atom is -0.144 e. The third-order valence-corrected chi connectivity index (χ3v) is 1.65. The summed E-state index contributed by atoms with van der Waals surface area (Å²) in [4.78, 5) is 0.981. The molecule has 0 bridgehead atoms. The van der Waals surface area contributed by atoms with E-state index in [-0.39, 0.29) is 0 Å². The van der Waals surface area contributed by atoms with Crippen LogP contribution in [0.15, 0.2) is 35.3 Å². The van der Waals surface area contributed by atoms with Crippen LogP contribution >= 0.6 is 12.6 Å². The van der Waals surface area contributed by atoms with Gasteiger partial charge in [-0.05, 0) is 24.3 Å². The van der Waals surface area contributed by atoms with Gasteiger partial charge in [0.25, 0.3) is 0 Å². The topological polar surface area (TPSA) is 0 Å². The summed E-state index contributed by atoms with van der Waals surface area (Å²) in [5.41, 5.74) is 1.13. The third kappa shape index (κ3) is 4.45. The van der Waals surface area contributed by atoms with E-state index in [9.17, 15) is 0 Å². The number of hydrogen-bond acceptors (Lipinski definition) is 1. The van der Waals surface area contributed by atoms with E-state index in [4.69, 9.17) is 0 Å². The molecule has 0 aliphatic heterocycles. The van der Waals surface area contributed by atoms with Crippen LogP contribution in [0.5, 0.6) is 0 Å². The third-order valence-electron chi connectivity index (χ3n) is 1.24. The average Bonchev–Trinajstić information content (AvgIpc) is 1.99. The molecule has 0 spiro atoms. The predicted octanol–water partition coefficient (Wildman–Crippen LogP) is 3.34. The first-order valence-electron chi connectivity index (χ1n) is 3.41. The van der Waals surface area contributed by atoms with Crippen LogP contribution in [0.3, 0.4) is 0 Å². The molecule has 0 saturated carbocycles. The van der Waals surface area contributed by atoms with Crippen molar-refractivity contribution in [3.63, 3.8) is 0 Å². The zero-order chi connectivity index (χ0) is 7.98. The van der Waals surface area contributed by atoms with Gasteiger partial charge in [0, 0.05) is 0 Å². The minimum absolute atomic E-state index is 0.981. The maximum absolute atomic E-state index is 4.18. The van der Waals surface area contributed by atoms with Gasteiger partial charge in [-0.25, -0.2) is 0 Å². The SMILES string of the molecule is C=C(/C=C\C(S)=C/C)CC. The fourth-order valence-corrected chi connectivity index (χ4v) is 0.492. The lowest BCUT2D eigenvalue weighted by atomic mass is 10.2. The van der Waals surface area contributed by atoms with Crippen molar-refractivity contribution in [3.05, 3.63) is 35.3 Å². The van der Waals surface area contributed by atoms with E-state index in [1.54, 1.807) is 0 Å². The van der Waals surface area contributed by atoms with Gasteiger partial charge in [-0.15, -0.1) is 12.6 Å². The first-order valence-corrected chi connectivity index (χ1v) is 3.86. The monoisotopic (exact) mass is 154 g/mol. The highest BCUT2D eigenvalue weighted by Crippen LogP contribution is 2.05. The first-order chi connectivity index (χ1) is 4.70. The Morgan fingerprint density at radius 1 is 1.50 bits per heavy atom. The van der Waals surface area contributed by atoms with Crippen LogP contribution in [0, 0.1) is 0 Å². The highest BCUT2D eigenvalue weighted by molar-refractivity contribution is 7.84. The highest BCUT2D eigenvalue weighted by atomic mass is 32.1. The minimum atomic E-state index is 0.981. The van der Waals surface area contributed by atoms with E-state index in [0.29, 0.717) is 0 Å². The molecule has 0 heterocycles. The molecule has 0 aromatic heterocycles. The lowest BCUT2D eigenvalue weighted by Crippen LogP contribution is -1.69. The molecule has 0 saturated heterocycles. The van der Waals surface area contributed by atoms with Crippen LogP contribution in [-0.2, 0) is 0 Å². The predicted molar refractivity (Wildman–Crippen MR) is 51.3 cm³/mol. The van der Waals surface area contributed by atoms with Gasteiger partial charge >= 0.3 is 0 Å². The number of allylic oxidation sites excluding steroid dienone is 4. The molecule has 0 fully saturated rings. The summed E-state index contributed by atoms with van der Waals surface area (Å²) in [6.07, 6.45) is 6.89. The van der Waals surface area contributed by atoms with Crippen LogP contribution < -0.4 is 0 Å². The van der Waals surface area contributed by atoms with Gasteiger partial charge < -0.3 is 0 Å². The van der Waals surface area contributed by atoms with Crippen molar-refractivity contribution in [1.82, 2.24) is 0 Å². The molecule has 0 aliphatic rings.